The van der Waals surface area contributed by atoms with Crippen LogP contribution < -0.4 is 10.5 Å². The molecule has 0 unspecified atom stereocenters. The van der Waals surface area contributed by atoms with Crippen LogP contribution >= 0.6 is 0 Å². The van der Waals surface area contributed by atoms with Gasteiger partial charge in [-0.05, 0) is 31.4 Å². The Morgan fingerprint density at radius 3 is 2.75 bits per heavy atom. The molecule has 1 aromatic rings. The van der Waals surface area contributed by atoms with Crippen molar-refractivity contribution in [3.05, 3.63) is 29.3 Å². The Kier molecular flexibility index (Phi) is 2.91. The summed E-state index contributed by atoms with van der Waals surface area (Å²) in [6.07, 6.45) is 2.00. The fourth-order valence-electron chi connectivity index (χ4n) is 2.46. The third-order valence-electron chi connectivity index (χ3n) is 3.24. The van der Waals surface area contributed by atoms with Crippen LogP contribution in [0.5, 0.6) is 5.75 Å². The van der Waals surface area contributed by atoms with Crippen LogP contribution in [0.3, 0.4) is 0 Å². The van der Waals surface area contributed by atoms with Crippen molar-refractivity contribution in [3.8, 4) is 5.75 Å². The Morgan fingerprint density at radius 2 is 2.19 bits per heavy atom. The van der Waals surface area contributed by atoms with Gasteiger partial charge in [0, 0.05) is 12.5 Å². The second-order valence-corrected chi connectivity index (χ2v) is 4.88. The summed E-state index contributed by atoms with van der Waals surface area (Å²) in [5.74, 6) is 0.847. The predicted octanol–water partition coefficient (Wildman–Crippen LogP) is 1.40. The van der Waals surface area contributed by atoms with Crippen LogP contribution in [-0.4, -0.2) is 23.9 Å². The molecule has 0 bridgehead atoms. The molecule has 1 aliphatic carbocycles. The first-order valence-electron chi connectivity index (χ1n) is 5.64. The Bertz CT molecular complexity index is 384. The molecule has 0 amide bonds. The Labute approximate surface area is 96.2 Å². The van der Waals surface area contributed by atoms with Crippen molar-refractivity contribution in [2.75, 3.05) is 7.11 Å². The number of methoxy groups -OCH3 is 1. The van der Waals surface area contributed by atoms with E-state index in [0.717, 1.165) is 11.3 Å². The molecule has 3 nitrogen and oxygen atoms in total. The topological polar surface area (TPSA) is 55.5 Å². The highest BCUT2D eigenvalue weighted by Gasteiger charge is 2.41. The highest BCUT2D eigenvalue weighted by atomic mass is 16.5. The van der Waals surface area contributed by atoms with Crippen LogP contribution in [0.1, 0.15) is 24.0 Å². The largest absolute Gasteiger partial charge is 0.496 e. The Morgan fingerprint density at radius 1 is 1.50 bits per heavy atom. The van der Waals surface area contributed by atoms with E-state index in [9.17, 15) is 5.11 Å². The van der Waals surface area contributed by atoms with Crippen molar-refractivity contribution in [1.29, 1.82) is 0 Å². The highest BCUT2D eigenvalue weighted by Crippen LogP contribution is 2.36. The second kappa shape index (κ2) is 4.07. The molecule has 3 N–H and O–H groups in total. The summed E-state index contributed by atoms with van der Waals surface area (Å²) in [5.41, 5.74) is 7.34. The number of nitrogens with two attached hydrogens (primary N) is 1. The molecule has 3 heteroatoms. The second-order valence-electron chi connectivity index (χ2n) is 4.88. The molecule has 16 heavy (non-hydrogen) atoms. The molecule has 1 aliphatic rings. The number of aliphatic hydroxyl groups is 1. The molecule has 1 aromatic carbocycles. The van der Waals surface area contributed by atoms with Gasteiger partial charge in [-0.25, -0.2) is 0 Å². The van der Waals surface area contributed by atoms with E-state index < -0.39 is 5.60 Å². The van der Waals surface area contributed by atoms with Crippen molar-refractivity contribution < 1.29 is 9.84 Å². The van der Waals surface area contributed by atoms with Gasteiger partial charge in [0.1, 0.15) is 5.75 Å². The third-order valence-corrected chi connectivity index (χ3v) is 3.24. The van der Waals surface area contributed by atoms with Crippen molar-refractivity contribution in [2.24, 2.45) is 5.73 Å². The van der Waals surface area contributed by atoms with E-state index in [1.54, 1.807) is 7.11 Å². The number of aryl methyl sites for hydroxylation is 1. The molecule has 0 spiro atoms. The van der Waals surface area contributed by atoms with E-state index >= 15 is 0 Å². The molecule has 0 saturated heterocycles. The summed E-state index contributed by atoms with van der Waals surface area (Å²) in [7, 11) is 1.66. The van der Waals surface area contributed by atoms with Crippen LogP contribution in [0.4, 0.5) is 0 Å². The van der Waals surface area contributed by atoms with Gasteiger partial charge in [0.15, 0.2) is 0 Å². The summed E-state index contributed by atoms with van der Waals surface area (Å²) in [5, 5.41) is 10.2. The third kappa shape index (κ3) is 2.20. The molecule has 0 aliphatic heterocycles. The SMILES string of the molecule is COc1ccc(C)cc1CC1(O)CC(N)C1. The van der Waals surface area contributed by atoms with Gasteiger partial charge in [0.25, 0.3) is 0 Å². The van der Waals surface area contributed by atoms with Gasteiger partial charge in [-0.3, -0.25) is 0 Å². The van der Waals surface area contributed by atoms with Crippen molar-refractivity contribution in [3.63, 3.8) is 0 Å². The molecular weight excluding hydrogens is 202 g/mol. The van der Waals surface area contributed by atoms with Gasteiger partial charge in [-0.1, -0.05) is 17.7 Å². The number of ether oxygens (including phenoxy) is 1. The minimum absolute atomic E-state index is 0.154. The maximum atomic E-state index is 10.2. The van der Waals surface area contributed by atoms with Crippen molar-refractivity contribution in [1.82, 2.24) is 0 Å². The van der Waals surface area contributed by atoms with Crippen LogP contribution in [-0.2, 0) is 6.42 Å². The smallest absolute Gasteiger partial charge is 0.122 e. The van der Waals surface area contributed by atoms with Gasteiger partial charge in [-0.2, -0.15) is 0 Å². The fourth-order valence-corrected chi connectivity index (χ4v) is 2.46. The zero-order chi connectivity index (χ0) is 11.8. The molecule has 2 rings (SSSR count). The van der Waals surface area contributed by atoms with Crippen LogP contribution in [0, 0.1) is 6.92 Å². The molecule has 1 fully saturated rings. The maximum absolute atomic E-state index is 10.2. The fraction of sp³-hybridized carbons (Fsp3) is 0.538. The minimum atomic E-state index is -0.625. The average Bonchev–Trinajstić information content (AvgIpc) is 2.15. The molecule has 0 heterocycles. The van der Waals surface area contributed by atoms with Crippen molar-refractivity contribution >= 4 is 0 Å². The van der Waals surface area contributed by atoms with Crippen LogP contribution in [0.2, 0.25) is 0 Å². The van der Waals surface area contributed by atoms with Gasteiger partial charge in [0.05, 0.1) is 12.7 Å². The summed E-state index contributed by atoms with van der Waals surface area (Å²) in [6, 6.07) is 6.19. The lowest BCUT2D eigenvalue weighted by Gasteiger charge is -2.42. The first-order valence-corrected chi connectivity index (χ1v) is 5.64. The number of hydrogen-bond acceptors (Lipinski definition) is 3. The Hall–Kier alpha value is -1.06. The summed E-state index contributed by atoms with van der Waals surface area (Å²) >= 11 is 0. The molecule has 1 saturated carbocycles. The number of hydrogen-bond donors (Lipinski definition) is 2. The van der Waals surface area contributed by atoms with E-state index in [0.29, 0.717) is 19.3 Å². The summed E-state index contributed by atoms with van der Waals surface area (Å²) in [6.45, 7) is 2.04. The minimum Gasteiger partial charge on any atom is -0.496 e. The van der Waals surface area contributed by atoms with Crippen LogP contribution in [0.15, 0.2) is 18.2 Å². The zero-order valence-corrected chi connectivity index (χ0v) is 9.86. The average molecular weight is 221 g/mol. The predicted molar refractivity (Wildman–Crippen MR) is 63.6 cm³/mol. The molecular formula is C13H19NO2. The Balaban J connectivity index is 2.17. The quantitative estimate of drug-likeness (QED) is 0.811. The lowest BCUT2D eigenvalue weighted by atomic mass is 9.72. The normalized spacial score (nSPS) is 28.6. The van der Waals surface area contributed by atoms with E-state index in [2.05, 4.69) is 6.07 Å². The van der Waals surface area contributed by atoms with E-state index in [-0.39, 0.29) is 6.04 Å². The molecule has 0 radical (unpaired) electrons. The lowest BCUT2D eigenvalue weighted by Crippen LogP contribution is -2.52. The van der Waals surface area contributed by atoms with Crippen molar-refractivity contribution in [2.45, 2.75) is 37.8 Å². The van der Waals surface area contributed by atoms with E-state index in [1.165, 1.54) is 5.56 Å². The lowest BCUT2D eigenvalue weighted by molar-refractivity contribution is -0.0458. The highest BCUT2D eigenvalue weighted by molar-refractivity contribution is 5.38. The number of rotatable bonds is 3. The molecule has 0 atom stereocenters. The molecule has 88 valence electrons. The standard InChI is InChI=1S/C13H19NO2/c1-9-3-4-12(16-2)10(5-9)6-13(15)7-11(14)8-13/h3-5,11,15H,6-8,14H2,1-2H3. The first kappa shape index (κ1) is 11.4. The monoisotopic (exact) mass is 221 g/mol. The first-order chi connectivity index (χ1) is 7.52. The van der Waals surface area contributed by atoms with E-state index in [4.69, 9.17) is 10.5 Å². The number of benzene rings is 1. The van der Waals surface area contributed by atoms with E-state index in [1.807, 2.05) is 19.1 Å². The zero-order valence-electron chi connectivity index (χ0n) is 9.86. The van der Waals surface area contributed by atoms with Gasteiger partial charge >= 0.3 is 0 Å². The molecule has 0 aromatic heterocycles. The van der Waals surface area contributed by atoms with Crippen LogP contribution in [0.25, 0.3) is 0 Å². The van der Waals surface area contributed by atoms with Gasteiger partial charge < -0.3 is 15.6 Å². The van der Waals surface area contributed by atoms with Gasteiger partial charge in [0.2, 0.25) is 0 Å². The van der Waals surface area contributed by atoms with Gasteiger partial charge in [-0.15, -0.1) is 0 Å². The summed E-state index contributed by atoms with van der Waals surface area (Å²) < 4.78 is 5.30. The maximum Gasteiger partial charge on any atom is 0.122 e. The summed E-state index contributed by atoms with van der Waals surface area (Å²) in [4.78, 5) is 0.